The summed E-state index contributed by atoms with van der Waals surface area (Å²) in [5, 5.41) is 11.8. The first-order chi connectivity index (χ1) is 10.9. The van der Waals surface area contributed by atoms with Gasteiger partial charge in [-0.15, -0.1) is 0 Å². The van der Waals surface area contributed by atoms with Gasteiger partial charge >= 0.3 is 0 Å². The fraction of sp³-hybridized carbons (Fsp3) is 0.158. The van der Waals surface area contributed by atoms with Gasteiger partial charge in [0, 0.05) is 5.69 Å². The van der Waals surface area contributed by atoms with Crippen molar-refractivity contribution < 1.29 is 9.18 Å². The van der Waals surface area contributed by atoms with E-state index in [9.17, 15) is 14.4 Å². The molecule has 0 aliphatic rings. The topological polar surface area (TPSA) is 52.9 Å². The van der Waals surface area contributed by atoms with Gasteiger partial charge in [-0.25, -0.2) is 4.39 Å². The van der Waals surface area contributed by atoms with E-state index in [4.69, 9.17) is 0 Å². The van der Waals surface area contributed by atoms with Crippen LogP contribution in [0.25, 0.3) is 6.08 Å². The quantitative estimate of drug-likeness (QED) is 0.679. The molecule has 1 N–H and O–H groups in total. The van der Waals surface area contributed by atoms with E-state index in [0.29, 0.717) is 5.69 Å². The molecule has 0 aliphatic heterocycles. The van der Waals surface area contributed by atoms with E-state index in [-0.39, 0.29) is 11.4 Å². The Hall–Kier alpha value is -2.93. The smallest absolute Gasteiger partial charge is 0.266 e. The lowest BCUT2D eigenvalue weighted by molar-refractivity contribution is -0.112. The Morgan fingerprint density at radius 3 is 2.30 bits per heavy atom. The van der Waals surface area contributed by atoms with E-state index in [0.717, 1.165) is 22.3 Å². The van der Waals surface area contributed by atoms with Crippen LogP contribution in [0.5, 0.6) is 0 Å². The maximum Gasteiger partial charge on any atom is 0.266 e. The number of benzene rings is 2. The highest BCUT2D eigenvalue weighted by Gasteiger charge is 2.11. The van der Waals surface area contributed by atoms with Gasteiger partial charge in [-0.1, -0.05) is 12.1 Å². The fourth-order valence-electron chi connectivity index (χ4n) is 2.17. The molecule has 1 amide bonds. The molecule has 0 aromatic heterocycles. The second-order valence-electron chi connectivity index (χ2n) is 5.42. The zero-order valence-corrected chi connectivity index (χ0v) is 13.3. The third-order valence-electron chi connectivity index (χ3n) is 3.65. The first-order valence-electron chi connectivity index (χ1n) is 7.17. The molecule has 2 aromatic rings. The van der Waals surface area contributed by atoms with Crippen LogP contribution >= 0.6 is 0 Å². The van der Waals surface area contributed by atoms with Crippen LogP contribution in [-0.4, -0.2) is 5.91 Å². The lowest BCUT2D eigenvalue weighted by Crippen LogP contribution is -2.13. The molecule has 23 heavy (non-hydrogen) atoms. The zero-order valence-electron chi connectivity index (χ0n) is 13.3. The van der Waals surface area contributed by atoms with Crippen molar-refractivity contribution in [3.05, 3.63) is 70.0 Å². The molecule has 2 aromatic carbocycles. The van der Waals surface area contributed by atoms with Crippen LogP contribution in [0.15, 0.2) is 42.0 Å². The molecule has 0 saturated heterocycles. The van der Waals surface area contributed by atoms with Crippen molar-refractivity contribution in [2.45, 2.75) is 20.8 Å². The van der Waals surface area contributed by atoms with E-state index in [2.05, 4.69) is 5.32 Å². The highest BCUT2D eigenvalue weighted by atomic mass is 19.1. The summed E-state index contributed by atoms with van der Waals surface area (Å²) in [4.78, 5) is 12.2. The largest absolute Gasteiger partial charge is 0.321 e. The Balaban J connectivity index is 2.28. The first kappa shape index (κ1) is 16.4. The number of anilines is 1. The highest BCUT2D eigenvalue weighted by molar-refractivity contribution is 6.09. The minimum atomic E-state index is -0.517. The van der Waals surface area contributed by atoms with Crippen molar-refractivity contribution in [3.63, 3.8) is 0 Å². The summed E-state index contributed by atoms with van der Waals surface area (Å²) in [6, 6.07) is 11.3. The fourth-order valence-corrected chi connectivity index (χ4v) is 2.17. The van der Waals surface area contributed by atoms with E-state index >= 15 is 0 Å². The number of carbonyl (C=O) groups is 1. The Bertz CT molecular complexity index is 814. The minimum Gasteiger partial charge on any atom is -0.321 e. The van der Waals surface area contributed by atoms with Gasteiger partial charge in [0.05, 0.1) is 0 Å². The van der Waals surface area contributed by atoms with Crippen LogP contribution in [0, 0.1) is 37.9 Å². The van der Waals surface area contributed by atoms with Crippen LogP contribution in [-0.2, 0) is 4.79 Å². The molecule has 0 aliphatic carbocycles. The molecule has 0 heterocycles. The third-order valence-corrected chi connectivity index (χ3v) is 3.65. The van der Waals surface area contributed by atoms with Gasteiger partial charge in [0.2, 0.25) is 0 Å². The van der Waals surface area contributed by atoms with Gasteiger partial charge in [-0.2, -0.15) is 5.26 Å². The molecule has 0 saturated carbocycles. The predicted octanol–water partition coefficient (Wildman–Crippen LogP) is 4.30. The molecule has 0 radical (unpaired) electrons. The average Bonchev–Trinajstić information content (AvgIpc) is 2.51. The van der Waals surface area contributed by atoms with Crippen LogP contribution in [0.3, 0.4) is 0 Å². The number of nitriles is 1. The van der Waals surface area contributed by atoms with Gasteiger partial charge < -0.3 is 5.32 Å². The number of hydrogen-bond donors (Lipinski definition) is 1. The molecule has 0 fully saturated rings. The Labute approximate surface area is 135 Å². The number of rotatable bonds is 3. The standard InChI is InChI=1S/C19H17FN2O/c1-12-8-14(3)15(9-13(12)2)10-16(11-21)19(23)22-18-6-4-17(20)5-7-18/h4-10H,1-3H3,(H,22,23)/b16-10+. The molecule has 116 valence electrons. The second kappa shape index (κ2) is 6.89. The van der Waals surface area contributed by atoms with E-state index in [1.165, 1.54) is 24.3 Å². The van der Waals surface area contributed by atoms with Crippen LogP contribution in [0.1, 0.15) is 22.3 Å². The van der Waals surface area contributed by atoms with Crippen molar-refractivity contribution in [1.29, 1.82) is 5.26 Å². The SMILES string of the molecule is Cc1cc(C)c(/C=C(\C#N)C(=O)Nc2ccc(F)cc2)cc1C. The van der Waals surface area contributed by atoms with Crippen molar-refractivity contribution in [3.8, 4) is 6.07 Å². The lowest BCUT2D eigenvalue weighted by atomic mass is 9.99. The van der Waals surface area contributed by atoms with Gasteiger partial charge in [0.15, 0.2) is 0 Å². The highest BCUT2D eigenvalue weighted by Crippen LogP contribution is 2.19. The Kier molecular flexibility index (Phi) is 4.92. The van der Waals surface area contributed by atoms with Gasteiger partial charge in [-0.05, 0) is 73.4 Å². The van der Waals surface area contributed by atoms with Gasteiger partial charge in [0.25, 0.3) is 5.91 Å². The summed E-state index contributed by atoms with van der Waals surface area (Å²) < 4.78 is 12.9. The number of nitrogens with one attached hydrogen (secondary N) is 1. The van der Waals surface area contributed by atoms with Crippen molar-refractivity contribution in [2.75, 3.05) is 5.32 Å². The van der Waals surface area contributed by atoms with E-state index < -0.39 is 5.91 Å². The maximum atomic E-state index is 12.9. The first-order valence-corrected chi connectivity index (χ1v) is 7.17. The maximum absolute atomic E-state index is 12.9. The number of nitrogens with zero attached hydrogens (tertiary/aromatic N) is 1. The molecule has 4 heteroatoms. The van der Waals surface area contributed by atoms with Crippen LogP contribution in [0.4, 0.5) is 10.1 Å². The molecule has 0 spiro atoms. The van der Waals surface area contributed by atoms with Crippen molar-refractivity contribution in [1.82, 2.24) is 0 Å². The summed E-state index contributed by atoms with van der Waals surface area (Å²) in [7, 11) is 0. The van der Waals surface area contributed by atoms with Crippen molar-refractivity contribution in [2.24, 2.45) is 0 Å². The number of carbonyl (C=O) groups excluding carboxylic acids is 1. The number of hydrogen-bond acceptors (Lipinski definition) is 2. The average molecular weight is 308 g/mol. The molecule has 0 bridgehead atoms. The lowest BCUT2D eigenvalue weighted by Gasteiger charge is -2.08. The second-order valence-corrected chi connectivity index (χ2v) is 5.42. The van der Waals surface area contributed by atoms with Crippen molar-refractivity contribution >= 4 is 17.7 Å². The number of aryl methyl sites for hydroxylation is 3. The normalized spacial score (nSPS) is 11.0. The minimum absolute atomic E-state index is 0.000628. The van der Waals surface area contributed by atoms with Gasteiger partial charge in [-0.3, -0.25) is 4.79 Å². The van der Waals surface area contributed by atoms with E-state index in [1.807, 2.05) is 39.0 Å². The predicted molar refractivity (Wildman–Crippen MR) is 89.3 cm³/mol. The third kappa shape index (κ3) is 4.04. The molecule has 0 unspecified atom stereocenters. The summed E-state index contributed by atoms with van der Waals surface area (Å²) in [6.07, 6.45) is 1.57. The number of amides is 1. The molecule has 0 atom stereocenters. The van der Waals surface area contributed by atoms with Crippen LogP contribution in [0.2, 0.25) is 0 Å². The van der Waals surface area contributed by atoms with Gasteiger partial charge in [0.1, 0.15) is 17.5 Å². The molecule has 2 rings (SSSR count). The summed E-state index contributed by atoms with van der Waals surface area (Å²) in [5.74, 6) is -0.901. The van der Waals surface area contributed by atoms with E-state index in [1.54, 1.807) is 6.08 Å². The molecule has 3 nitrogen and oxygen atoms in total. The molecular weight excluding hydrogens is 291 g/mol. The Morgan fingerprint density at radius 1 is 1.09 bits per heavy atom. The van der Waals surface area contributed by atoms with Crippen LogP contribution < -0.4 is 5.32 Å². The monoisotopic (exact) mass is 308 g/mol. The molecular formula is C19H17FN2O. The summed E-state index contributed by atoms with van der Waals surface area (Å²) in [6.45, 7) is 5.93. The number of halogens is 1. The Morgan fingerprint density at radius 2 is 1.70 bits per heavy atom. The summed E-state index contributed by atoms with van der Waals surface area (Å²) in [5.41, 5.74) is 4.52. The zero-order chi connectivity index (χ0) is 17.0. The summed E-state index contributed by atoms with van der Waals surface area (Å²) >= 11 is 0.